The van der Waals surface area contributed by atoms with Crippen LogP contribution >= 0.6 is 0 Å². The van der Waals surface area contributed by atoms with E-state index in [9.17, 15) is 13.2 Å². The van der Waals surface area contributed by atoms with Crippen molar-refractivity contribution in [2.45, 2.75) is 31.3 Å². The molecule has 0 spiro atoms. The molecule has 0 atom stereocenters. The first-order valence-electron chi connectivity index (χ1n) is 12.2. The predicted molar refractivity (Wildman–Crippen MR) is 141 cm³/mol. The number of anilines is 4. The number of benzene rings is 2. The third kappa shape index (κ3) is 6.40. The van der Waals surface area contributed by atoms with Crippen molar-refractivity contribution in [3.05, 3.63) is 60.9 Å². The van der Waals surface area contributed by atoms with Gasteiger partial charge in [0.2, 0.25) is 5.95 Å². The van der Waals surface area contributed by atoms with Gasteiger partial charge in [-0.25, -0.2) is 4.98 Å². The van der Waals surface area contributed by atoms with Crippen LogP contribution in [0, 0.1) is 0 Å². The number of halogens is 3. The largest absolute Gasteiger partial charge is 0.573 e. The maximum absolute atomic E-state index is 12.7. The Balaban J connectivity index is 1.26. The molecule has 1 fully saturated rings. The zero-order valence-electron chi connectivity index (χ0n) is 21.5. The van der Waals surface area contributed by atoms with Gasteiger partial charge in [0.25, 0.3) is 0 Å². The minimum Gasteiger partial charge on any atom is -0.493 e. The topological polar surface area (TPSA) is 93.7 Å². The first kappa shape index (κ1) is 26.3. The lowest BCUT2D eigenvalue weighted by molar-refractivity contribution is -0.274. The van der Waals surface area contributed by atoms with Gasteiger partial charge >= 0.3 is 6.36 Å². The molecule has 2 aromatic carbocycles. The Bertz CT molecular complexity index is 1460. The van der Waals surface area contributed by atoms with Crippen molar-refractivity contribution in [3.8, 4) is 17.2 Å². The summed E-state index contributed by atoms with van der Waals surface area (Å²) in [5, 5.41) is 6.73. The van der Waals surface area contributed by atoms with Crippen LogP contribution in [0.2, 0.25) is 0 Å². The molecule has 2 N–H and O–H groups in total. The summed E-state index contributed by atoms with van der Waals surface area (Å²) in [6.07, 6.45) is 0.282. The van der Waals surface area contributed by atoms with Gasteiger partial charge in [0, 0.05) is 29.4 Å². The monoisotopic (exact) mass is 540 g/mol. The van der Waals surface area contributed by atoms with Crippen LogP contribution in [0.25, 0.3) is 10.9 Å². The average Bonchev–Trinajstić information content (AvgIpc) is 2.85. The third-order valence-corrected chi connectivity index (χ3v) is 6.34. The lowest BCUT2D eigenvalue weighted by atomic mass is 9.88. The molecule has 0 amide bonds. The van der Waals surface area contributed by atoms with Gasteiger partial charge in [0.15, 0.2) is 17.2 Å². The van der Waals surface area contributed by atoms with Crippen LogP contribution in [0.5, 0.6) is 17.2 Å². The van der Waals surface area contributed by atoms with Crippen molar-refractivity contribution in [2.24, 2.45) is 0 Å². The Kier molecular flexibility index (Phi) is 7.29. The number of hydrogen-bond donors (Lipinski definition) is 2. The maximum Gasteiger partial charge on any atom is 0.573 e. The second-order valence-corrected chi connectivity index (χ2v) is 9.31. The first-order chi connectivity index (χ1) is 18.7. The Labute approximate surface area is 222 Å². The number of fused-ring (bicyclic) bond motifs is 1. The van der Waals surface area contributed by atoms with E-state index in [0.717, 1.165) is 12.8 Å². The van der Waals surface area contributed by atoms with Crippen molar-refractivity contribution in [3.63, 3.8) is 0 Å². The highest BCUT2D eigenvalue weighted by Crippen LogP contribution is 2.36. The van der Waals surface area contributed by atoms with Crippen LogP contribution in [0.1, 0.15) is 12.8 Å². The molecule has 1 saturated carbocycles. The lowest BCUT2D eigenvalue weighted by Crippen LogP contribution is -2.46. The second-order valence-electron chi connectivity index (χ2n) is 9.31. The first-order valence-corrected chi connectivity index (χ1v) is 12.2. The van der Waals surface area contributed by atoms with Crippen LogP contribution in [0.15, 0.2) is 60.9 Å². The zero-order chi connectivity index (χ0) is 27.6. The molecule has 12 heteroatoms. The molecule has 0 radical (unpaired) electrons. The number of alkyl halides is 3. The molecular formula is C27H27F3N6O3. The van der Waals surface area contributed by atoms with Crippen LogP contribution in [0.4, 0.5) is 36.3 Å². The number of ether oxygens (including phenoxy) is 3. The number of aromatic nitrogens is 3. The summed E-state index contributed by atoms with van der Waals surface area (Å²) in [6, 6.07) is 13.7. The molecule has 0 aliphatic heterocycles. The highest BCUT2D eigenvalue weighted by molar-refractivity contribution is 5.87. The number of pyridine rings is 1. The lowest BCUT2D eigenvalue weighted by Gasteiger charge is -2.39. The molecule has 204 valence electrons. The van der Waals surface area contributed by atoms with E-state index in [0.29, 0.717) is 46.1 Å². The number of para-hydroxylation sites is 1. The van der Waals surface area contributed by atoms with Crippen molar-refractivity contribution in [1.29, 1.82) is 0 Å². The molecule has 1 aliphatic carbocycles. The molecule has 2 aromatic heterocycles. The minimum absolute atomic E-state index is 0.0987. The zero-order valence-corrected chi connectivity index (χ0v) is 21.5. The Morgan fingerprint density at radius 1 is 0.923 bits per heavy atom. The van der Waals surface area contributed by atoms with E-state index in [4.69, 9.17) is 9.47 Å². The van der Waals surface area contributed by atoms with E-state index >= 15 is 0 Å². The van der Waals surface area contributed by atoms with Gasteiger partial charge in [-0.3, -0.25) is 4.98 Å². The summed E-state index contributed by atoms with van der Waals surface area (Å²) in [7, 11) is 5.73. The van der Waals surface area contributed by atoms with E-state index in [1.807, 2.05) is 18.2 Å². The predicted octanol–water partition coefficient (Wildman–Crippen LogP) is 5.89. The fourth-order valence-corrected chi connectivity index (χ4v) is 4.25. The Hall–Kier alpha value is -4.32. The number of rotatable bonds is 9. The van der Waals surface area contributed by atoms with Crippen molar-refractivity contribution in [1.82, 2.24) is 19.9 Å². The fourth-order valence-electron chi connectivity index (χ4n) is 4.25. The van der Waals surface area contributed by atoms with E-state index < -0.39 is 6.36 Å². The van der Waals surface area contributed by atoms with Crippen LogP contribution in [-0.2, 0) is 0 Å². The van der Waals surface area contributed by atoms with Crippen LogP contribution in [-0.4, -0.2) is 59.6 Å². The highest BCUT2D eigenvalue weighted by Gasteiger charge is 2.33. The fraction of sp³-hybridized carbons (Fsp3) is 0.296. The van der Waals surface area contributed by atoms with E-state index in [-0.39, 0.29) is 17.4 Å². The molecular weight excluding hydrogens is 513 g/mol. The summed E-state index contributed by atoms with van der Waals surface area (Å²) in [4.78, 5) is 15.1. The van der Waals surface area contributed by atoms with Crippen molar-refractivity contribution >= 4 is 34.0 Å². The van der Waals surface area contributed by atoms with Crippen LogP contribution in [0.3, 0.4) is 0 Å². The number of methoxy groups -OCH3 is 1. The highest BCUT2D eigenvalue weighted by atomic mass is 19.4. The number of hydrogen-bond acceptors (Lipinski definition) is 9. The Morgan fingerprint density at radius 3 is 2.49 bits per heavy atom. The maximum atomic E-state index is 12.7. The van der Waals surface area contributed by atoms with Gasteiger partial charge in [-0.2, -0.15) is 4.98 Å². The van der Waals surface area contributed by atoms with E-state index in [2.05, 4.69) is 49.3 Å². The molecule has 0 bridgehead atoms. The summed E-state index contributed by atoms with van der Waals surface area (Å²) < 4.78 is 53.8. The molecule has 0 saturated heterocycles. The smallest absolute Gasteiger partial charge is 0.493 e. The standard InChI is InChI=1S/C27H27F3N6O3/c1-36(2)19-13-20(14-19)38-21-8-7-17(12-23(21)37-3)34-26-31-10-9-24(35-26)33-18-11-16-5-4-6-22(25(16)32-15-18)39-27(28,29)30/h4-12,15,19-20H,13-14H2,1-3H3,(H2,31,33,34,35). The summed E-state index contributed by atoms with van der Waals surface area (Å²) >= 11 is 0. The van der Waals surface area contributed by atoms with Gasteiger partial charge in [-0.15, -0.1) is 13.2 Å². The van der Waals surface area contributed by atoms with Crippen LogP contribution < -0.4 is 24.8 Å². The molecule has 0 unspecified atom stereocenters. The Morgan fingerprint density at radius 2 is 1.74 bits per heavy atom. The minimum atomic E-state index is -4.80. The van der Waals surface area contributed by atoms with Gasteiger partial charge in [-0.1, -0.05) is 12.1 Å². The molecule has 4 aromatic rings. The molecule has 2 heterocycles. The van der Waals surface area contributed by atoms with Crippen molar-refractivity contribution < 1.29 is 27.4 Å². The average molecular weight is 541 g/mol. The SMILES string of the molecule is COc1cc(Nc2nccc(Nc3cnc4c(OC(F)(F)F)cccc4c3)n2)ccc1OC1CC(N(C)C)C1. The summed E-state index contributed by atoms with van der Waals surface area (Å²) in [5.41, 5.74) is 1.34. The van der Waals surface area contributed by atoms with Gasteiger partial charge in [0.05, 0.1) is 19.0 Å². The van der Waals surface area contributed by atoms with Gasteiger partial charge < -0.3 is 29.7 Å². The molecule has 1 aliphatic rings. The number of nitrogens with zero attached hydrogens (tertiary/aromatic N) is 4. The number of nitrogens with one attached hydrogen (secondary N) is 2. The van der Waals surface area contributed by atoms with Crippen molar-refractivity contribution in [2.75, 3.05) is 31.8 Å². The summed E-state index contributed by atoms with van der Waals surface area (Å²) in [6.45, 7) is 0. The van der Waals surface area contributed by atoms with E-state index in [1.54, 1.807) is 31.5 Å². The molecule has 39 heavy (non-hydrogen) atoms. The summed E-state index contributed by atoms with van der Waals surface area (Å²) in [5.74, 6) is 1.70. The van der Waals surface area contributed by atoms with E-state index in [1.165, 1.54) is 18.3 Å². The van der Waals surface area contributed by atoms with Gasteiger partial charge in [-0.05, 0) is 57.3 Å². The van der Waals surface area contributed by atoms with Gasteiger partial charge in [0.1, 0.15) is 17.4 Å². The normalized spacial score (nSPS) is 17.0. The molecule has 5 rings (SSSR count). The third-order valence-electron chi connectivity index (χ3n) is 6.34. The molecule has 9 nitrogen and oxygen atoms in total. The second kappa shape index (κ2) is 10.8. The quantitative estimate of drug-likeness (QED) is 0.270.